The molecule has 2 aromatic carbocycles. The second-order valence-corrected chi connectivity index (χ2v) is 5.05. The normalized spacial score (nSPS) is 13.4. The Kier molecular flexibility index (Phi) is 3.48. The number of benzene rings is 2. The fraction of sp³-hybridized carbons (Fsp3) is 0.118. The van der Waals surface area contributed by atoms with Crippen LogP contribution in [0.5, 0.6) is 11.5 Å². The molecule has 6 heteroatoms. The van der Waals surface area contributed by atoms with Crippen molar-refractivity contribution in [2.45, 2.75) is 0 Å². The van der Waals surface area contributed by atoms with Crippen molar-refractivity contribution in [3.63, 3.8) is 0 Å². The van der Waals surface area contributed by atoms with E-state index in [1.807, 2.05) is 42.5 Å². The number of ether oxygens (including phenoxy) is 2. The van der Waals surface area contributed by atoms with Crippen LogP contribution >= 0.6 is 0 Å². The molecule has 114 valence electrons. The summed E-state index contributed by atoms with van der Waals surface area (Å²) in [6.07, 6.45) is 3.44. The Hall–Kier alpha value is -3.15. The fourth-order valence-corrected chi connectivity index (χ4v) is 2.42. The van der Waals surface area contributed by atoms with Crippen molar-refractivity contribution < 1.29 is 9.47 Å². The number of aromatic nitrogens is 2. The fourth-order valence-electron chi connectivity index (χ4n) is 2.42. The maximum atomic E-state index is 5.56. The summed E-state index contributed by atoms with van der Waals surface area (Å²) >= 11 is 0. The van der Waals surface area contributed by atoms with Crippen LogP contribution in [0.4, 0.5) is 5.82 Å². The summed E-state index contributed by atoms with van der Waals surface area (Å²) in [6, 6.07) is 13.6. The van der Waals surface area contributed by atoms with Gasteiger partial charge in [0.05, 0.1) is 12.4 Å². The van der Waals surface area contributed by atoms with E-state index in [0.29, 0.717) is 19.0 Å². The van der Waals surface area contributed by atoms with Gasteiger partial charge in [-0.05, 0) is 23.8 Å². The highest BCUT2D eigenvalue weighted by atomic mass is 16.6. The third kappa shape index (κ3) is 2.78. The molecule has 0 fully saturated rings. The van der Waals surface area contributed by atoms with E-state index in [1.165, 1.54) is 0 Å². The SMILES string of the molecule is C(=N/Nc1nncc2ccccc12)/c1ccc2c(c1)OCCO2. The van der Waals surface area contributed by atoms with Crippen LogP contribution in [-0.4, -0.2) is 29.6 Å². The maximum absolute atomic E-state index is 5.56. The second kappa shape index (κ2) is 5.92. The predicted octanol–water partition coefficient (Wildman–Crippen LogP) is 2.85. The molecule has 0 atom stereocenters. The lowest BCUT2D eigenvalue weighted by Gasteiger charge is -2.18. The third-order valence-electron chi connectivity index (χ3n) is 3.52. The number of hydrogen-bond donors (Lipinski definition) is 1. The van der Waals surface area contributed by atoms with Crippen LogP contribution in [0, 0.1) is 0 Å². The second-order valence-electron chi connectivity index (χ2n) is 5.05. The van der Waals surface area contributed by atoms with E-state index < -0.39 is 0 Å². The summed E-state index contributed by atoms with van der Waals surface area (Å²) in [4.78, 5) is 0. The molecule has 0 saturated carbocycles. The first-order chi connectivity index (χ1) is 11.4. The molecule has 0 unspecified atom stereocenters. The largest absolute Gasteiger partial charge is 0.486 e. The van der Waals surface area contributed by atoms with Gasteiger partial charge in [0.1, 0.15) is 13.2 Å². The first kappa shape index (κ1) is 13.5. The smallest absolute Gasteiger partial charge is 0.176 e. The van der Waals surface area contributed by atoms with E-state index in [9.17, 15) is 0 Å². The molecule has 0 spiro atoms. The molecule has 0 saturated heterocycles. The van der Waals surface area contributed by atoms with Crippen LogP contribution in [0.1, 0.15) is 5.56 Å². The summed E-state index contributed by atoms with van der Waals surface area (Å²) < 4.78 is 11.1. The van der Waals surface area contributed by atoms with Crippen molar-refractivity contribution in [2.75, 3.05) is 18.6 Å². The third-order valence-corrected chi connectivity index (χ3v) is 3.52. The minimum absolute atomic E-state index is 0.567. The Balaban J connectivity index is 1.55. The van der Waals surface area contributed by atoms with Gasteiger partial charge in [0.25, 0.3) is 0 Å². The zero-order chi connectivity index (χ0) is 15.5. The van der Waals surface area contributed by atoms with Gasteiger partial charge in [0.15, 0.2) is 17.3 Å². The van der Waals surface area contributed by atoms with Gasteiger partial charge < -0.3 is 9.47 Å². The molecule has 0 amide bonds. The number of rotatable bonds is 3. The molecule has 1 aromatic heterocycles. The minimum Gasteiger partial charge on any atom is -0.486 e. The topological polar surface area (TPSA) is 68.6 Å². The van der Waals surface area contributed by atoms with Gasteiger partial charge in [0.2, 0.25) is 0 Å². The molecule has 0 bridgehead atoms. The molecule has 3 aromatic rings. The Morgan fingerprint density at radius 3 is 2.87 bits per heavy atom. The van der Waals surface area contributed by atoms with Crippen molar-refractivity contribution in [3.8, 4) is 11.5 Å². The molecule has 4 rings (SSSR count). The van der Waals surface area contributed by atoms with Crippen LogP contribution in [-0.2, 0) is 0 Å². The van der Waals surface area contributed by atoms with E-state index >= 15 is 0 Å². The van der Waals surface area contributed by atoms with Gasteiger partial charge in [-0.25, -0.2) is 0 Å². The van der Waals surface area contributed by atoms with Crippen LogP contribution in [0.25, 0.3) is 10.8 Å². The molecule has 1 aliphatic heterocycles. The van der Waals surface area contributed by atoms with E-state index in [-0.39, 0.29) is 0 Å². The number of nitrogens with zero attached hydrogens (tertiary/aromatic N) is 3. The molecular formula is C17H14N4O2. The zero-order valence-corrected chi connectivity index (χ0v) is 12.3. The van der Waals surface area contributed by atoms with Gasteiger partial charge in [-0.2, -0.15) is 10.2 Å². The van der Waals surface area contributed by atoms with E-state index in [4.69, 9.17) is 9.47 Å². The average molecular weight is 306 g/mol. The first-order valence-corrected chi connectivity index (χ1v) is 7.29. The molecule has 1 aliphatic rings. The van der Waals surface area contributed by atoms with E-state index in [0.717, 1.165) is 27.8 Å². The zero-order valence-electron chi connectivity index (χ0n) is 12.3. The van der Waals surface area contributed by atoms with E-state index in [1.54, 1.807) is 12.4 Å². The monoisotopic (exact) mass is 306 g/mol. The summed E-state index contributed by atoms with van der Waals surface area (Å²) in [5.74, 6) is 2.13. The number of hydrazone groups is 1. The Morgan fingerprint density at radius 2 is 1.91 bits per heavy atom. The highest BCUT2D eigenvalue weighted by molar-refractivity contribution is 5.91. The van der Waals surface area contributed by atoms with Gasteiger partial charge in [-0.1, -0.05) is 24.3 Å². The number of nitrogens with one attached hydrogen (secondary N) is 1. The lowest BCUT2D eigenvalue weighted by atomic mass is 10.2. The molecule has 6 nitrogen and oxygen atoms in total. The van der Waals surface area contributed by atoms with Crippen molar-refractivity contribution in [1.29, 1.82) is 0 Å². The maximum Gasteiger partial charge on any atom is 0.176 e. The number of hydrogen-bond acceptors (Lipinski definition) is 6. The molecule has 23 heavy (non-hydrogen) atoms. The van der Waals surface area contributed by atoms with Crippen molar-refractivity contribution >= 4 is 22.8 Å². The highest BCUT2D eigenvalue weighted by Gasteiger charge is 2.10. The van der Waals surface area contributed by atoms with E-state index in [2.05, 4.69) is 20.7 Å². The molecule has 0 radical (unpaired) electrons. The van der Waals surface area contributed by atoms with Crippen LogP contribution < -0.4 is 14.9 Å². The Labute approximate surface area is 132 Å². The highest BCUT2D eigenvalue weighted by Crippen LogP contribution is 2.30. The van der Waals surface area contributed by atoms with Crippen molar-refractivity contribution in [2.24, 2.45) is 5.10 Å². The summed E-state index contributed by atoms with van der Waals surface area (Å²) in [5.41, 5.74) is 3.85. The van der Waals surface area contributed by atoms with Gasteiger partial charge in [-0.3, -0.25) is 5.43 Å². The molecular weight excluding hydrogens is 292 g/mol. The summed E-state index contributed by atoms with van der Waals surface area (Å²) in [7, 11) is 0. The lowest BCUT2D eigenvalue weighted by molar-refractivity contribution is 0.171. The number of fused-ring (bicyclic) bond motifs is 2. The van der Waals surface area contributed by atoms with Crippen LogP contribution in [0.3, 0.4) is 0 Å². The van der Waals surface area contributed by atoms with Crippen molar-refractivity contribution in [1.82, 2.24) is 10.2 Å². The predicted molar refractivity (Wildman–Crippen MR) is 88.2 cm³/mol. The molecule has 1 N–H and O–H groups in total. The quantitative estimate of drug-likeness (QED) is 0.595. The first-order valence-electron chi connectivity index (χ1n) is 7.29. The summed E-state index contributed by atoms with van der Waals surface area (Å²) in [5, 5.41) is 14.3. The average Bonchev–Trinajstić information content (AvgIpc) is 2.62. The minimum atomic E-state index is 0.567. The Morgan fingerprint density at radius 1 is 1.04 bits per heavy atom. The van der Waals surface area contributed by atoms with Crippen LogP contribution in [0.2, 0.25) is 0 Å². The number of anilines is 1. The van der Waals surface area contributed by atoms with Gasteiger partial charge in [-0.15, -0.1) is 5.10 Å². The van der Waals surface area contributed by atoms with Gasteiger partial charge in [0, 0.05) is 10.8 Å². The molecule has 0 aliphatic carbocycles. The van der Waals surface area contributed by atoms with Gasteiger partial charge >= 0.3 is 0 Å². The van der Waals surface area contributed by atoms with Crippen molar-refractivity contribution in [3.05, 3.63) is 54.2 Å². The molecule has 2 heterocycles. The standard InChI is InChI=1S/C17H14N4O2/c1-2-4-14-13(3-1)11-19-21-17(14)20-18-10-12-5-6-15-16(9-12)23-8-7-22-15/h1-6,9-11H,7-8H2,(H,20,21)/b18-10-. The Bertz CT molecular complexity index is 874. The lowest BCUT2D eigenvalue weighted by Crippen LogP contribution is -2.15. The summed E-state index contributed by atoms with van der Waals surface area (Å²) in [6.45, 7) is 1.15. The van der Waals surface area contributed by atoms with Crippen LogP contribution in [0.15, 0.2) is 53.8 Å².